The molecule has 1 saturated heterocycles. The molecule has 1 saturated carbocycles. The van der Waals surface area contributed by atoms with Gasteiger partial charge in [-0.25, -0.2) is 0 Å². The van der Waals surface area contributed by atoms with Gasteiger partial charge >= 0.3 is 0 Å². The van der Waals surface area contributed by atoms with Crippen molar-refractivity contribution in [2.75, 3.05) is 26.2 Å². The Balaban J connectivity index is 1.48. The molecule has 0 unspecified atom stereocenters. The number of nitrogens with one attached hydrogen (secondary N) is 1. The van der Waals surface area contributed by atoms with E-state index >= 15 is 0 Å². The summed E-state index contributed by atoms with van der Waals surface area (Å²) in [5.41, 5.74) is 1.25. The second kappa shape index (κ2) is 8.81. The van der Waals surface area contributed by atoms with Crippen molar-refractivity contribution in [3.8, 4) is 0 Å². The van der Waals surface area contributed by atoms with Crippen LogP contribution >= 0.6 is 0 Å². The number of pyridine rings is 1. The van der Waals surface area contributed by atoms with Gasteiger partial charge < -0.3 is 14.8 Å². The normalized spacial score (nSPS) is 28.0. The number of hydrogen-bond acceptors (Lipinski definition) is 3. The van der Waals surface area contributed by atoms with E-state index in [1.807, 2.05) is 10.6 Å². The molecule has 28 heavy (non-hydrogen) atoms. The van der Waals surface area contributed by atoms with Crippen molar-refractivity contribution in [1.82, 2.24) is 14.8 Å². The molecule has 5 nitrogen and oxygen atoms in total. The Hall–Kier alpha value is -1.62. The van der Waals surface area contributed by atoms with Gasteiger partial charge in [-0.05, 0) is 50.1 Å². The molecule has 2 bridgehead atoms. The molecule has 0 radical (unpaired) electrons. The van der Waals surface area contributed by atoms with Gasteiger partial charge in [-0.3, -0.25) is 9.59 Å². The number of rotatable bonds is 6. The molecule has 1 amide bonds. The van der Waals surface area contributed by atoms with Crippen molar-refractivity contribution in [2.24, 2.45) is 11.8 Å². The van der Waals surface area contributed by atoms with Crippen molar-refractivity contribution in [3.05, 3.63) is 34.2 Å². The average Bonchev–Trinajstić information content (AvgIpc) is 2.69. The van der Waals surface area contributed by atoms with Gasteiger partial charge in [0.05, 0.1) is 6.04 Å². The highest BCUT2D eigenvalue weighted by Crippen LogP contribution is 2.40. The zero-order valence-corrected chi connectivity index (χ0v) is 17.2. The van der Waals surface area contributed by atoms with Gasteiger partial charge in [0.25, 0.3) is 5.56 Å². The van der Waals surface area contributed by atoms with Crippen LogP contribution < -0.4 is 10.9 Å². The third kappa shape index (κ3) is 4.19. The minimum Gasteiger partial charge on any atom is -0.354 e. The summed E-state index contributed by atoms with van der Waals surface area (Å²) in [4.78, 5) is 27.8. The summed E-state index contributed by atoms with van der Waals surface area (Å²) in [6.45, 7) is 6.01. The number of piperidine rings is 1. The quantitative estimate of drug-likeness (QED) is 0.817. The third-order valence-corrected chi connectivity index (χ3v) is 7.12. The molecule has 1 aromatic rings. The highest BCUT2D eigenvalue weighted by molar-refractivity contribution is 5.76. The Morgan fingerprint density at radius 1 is 1.18 bits per heavy atom. The predicted molar refractivity (Wildman–Crippen MR) is 112 cm³/mol. The van der Waals surface area contributed by atoms with Crippen LogP contribution in [0.4, 0.5) is 0 Å². The lowest BCUT2D eigenvalue weighted by Gasteiger charge is -2.47. The Morgan fingerprint density at radius 3 is 2.79 bits per heavy atom. The van der Waals surface area contributed by atoms with Crippen LogP contribution in [0.5, 0.6) is 0 Å². The van der Waals surface area contributed by atoms with Gasteiger partial charge in [-0.1, -0.05) is 32.3 Å². The topological polar surface area (TPSA) is 54.3 Å². The van der Waals surface area contributed by atoms with Gasteiger partial charge in [-0.15, -0.1) is 0 Å². The highest BCUT2D eigenvalue weighted by atomic mass is 16.1. The first-order valence-corrected chi connectivity index (χ1v) is 11.4. The Labute approximate surface area is 168 Å². The number of hydrogen-bond donors (Lipinski definition) is 1. The fraction of sp³-hybridized carbons (Fsp3) is 0.739. The Morgan fingerprint density at radius 2 is 2.00 bits per heavy atom. The van der Waals surface area contributed by atoms with E-state index in [1.54, 1.807) is 6.07 Å². The predicted octanol–water partition coefficient (Wildman–Crippen LogP) is 3.31. The van der Waals surface area contributed by atoms with Crippen molar-refractivity contribution in [3.63, 3.8) is 0 Å². The van der Waals surface area contributed by atoms with E-state index in [-0.39, 0.29) is 17.5 Å². The van der Waals surface area contributed by atoms with E-state index < -0.39 is 0 Å². The number of aromatic nitrogens is 1. The van der Waals surface area contributed by atoms with Gasteiger partial charge in [0.2, 0.25) is 5.91 Å². The molecule has 5 heteroatoms. The molecule has 0 spiro atoms. The summed E-state index contributed by atoms with van der Waals surface area (Å²) < 4.78 is 2.00. The Bertz CT molecular complexity index is 738. The summed E-state index contributed by atoms with van der Waals surface area (Å²) in [7, 11) is 0. The van der Waals surface area contributed by atoms with E-state index in [0.29, 0.717) is 30.7 Å². The lowest BCUT2D eigenvalue weighted by Crippen LogP contribution is -2.52. The number of carbonyl (C=O) groups excluding carboxylic acids is 1. The number of fused-ring (bicyclic) bond motifs is 4. The van der Waals surface area contributed by atoms with Crippen LogP contribution in [-0.4, -0.2) is 41.6 Å². The van der Waals surface area contributed by atoms with Crippen molar-refractivity contribution in [2.45, 2.75) is 70.3 Å². The molecule has 2 fully saturated rings. The average molecular weight is 386 g/mol. The minimum atomic E-state index is 0.0786. The minimum absolute atomic E-state index is 0.0786. The van der Waals surface area contributed by atoms with Crippen molar-refractivity contribution < 1.29 is 4.79 Å². The molecular formula is C23H35N3O2. The van der Waals surface area contributed by atoms with E-state index in [9.17, 15) is 9.59 Å². The largest absolute Gasteiger partial charge is 0.354 e. The molecular weight excluding hydrogens is 350 g/mol. The first-order chi connectivity index (χ1) is 13.7. The van der Waals surface area contributed by atoms with Gasteiger partial charge in [0, 0.05) is 43.7 Å². The maximum Gasteiger partial charge on any atom is 0.251 e. The summed E-state index contributed by atoms with van der Waals surface area (Å²) in [5.74, 6) is 1.59. The maximum absolute atomic E-state index is 12.7. The SMILES string of the molecule is CCCN1C[C@H]2C[C@@H](C1)[C@H](CNC(=O)CC1CCCCC1)n1c2cccc1=O. The first-order valence-electron chi connectivity index (χ1n) is 11.4. The van der Waals surface area contributed by atoms with Crippen LogP contribution in [0.3, 0.4) is 0 Å². The number of carbonyl (C=O) groups is 1. The van der Waals surface area contributed by atoms with Crippen molar-refractivity contribution in [1.29, 1.82) is 0 Å². The number of likely N-dealkylation sites (tertiary alicyclic amines) is 1. The highest BCUT2D eigenvalue weighted by Gasteiger charge is 2.40. The van der Waals surface area contributed by atoms with Gasteiger partial charge in [-0.2, -0.15) is 0 Å². The summed E-state index contributed by atoms with van der Waals surface area (Å²) in [5, 5.41) is 3.20. The molecule has 154 valence electrons. The molecule has 3 atom stereocenters. The van der Waals surface area contributed by atoms with E-state index in [0.717, 1.165) is 38.2 Å². The second-order valence-electron chi connectivity index (χ2n) is 9.19. The summed E-state index contributed by atoms with van der Waals surface area (Å²) >= 11 is 0. The maximum atomic E-state index is 12.7. The molecule has 4 rings (SSSR count). The fourth-order valence-corrected chi connectivity index (χ4v) is 5.84. The number of amides is 1. The zero-order valence-electron chi connectivity index (χ0n) is 17.2. The number of nitrogens with zero attached hydrogens (tertiary/aromatic N) is 2. The van der Waals surface area contributed by atoms with Crippen LogP contribution in [0.25, 0.3) is 0 Å². The smallest absolute Gasteiger partial charge is 0.251 e. The molecule has 3 heterocycles. The van der Waals surface area contributed by atoms with Crippen LogP contribution in [0.1, 0.15) is 75.9 Å². The van der Waals surface area contributed by atoms with Crippen LogP contribution in [0.2, 0.25) is 0 Å². The molecule has 1 N–H and O–H groups in total. The van der Waals surface area contributed by atoms with Crippen molar-refractivity contribution >= 4 is 5.91 Å². The fourth-order valence-electron chi connectivity index (χ4n) is 5.84. The lowest BCUT2D eigenvalue weighted by molar-refractivity contribution is -0.122. The van der Waals surface area contributed by atoms with E-state index in [2.05, 4.69) is 23.2 Å². The molecule has 3 aliphatic rings. The Kier molecular flexibility index (Phi) is 6.19. The molecule has 1 aromatic heterocycles. The summed E-state index contributed by atoms with van der Waals surface area (Å²) in [6.07, 6.45) is 9.16. The van der Waals surface area contributed by atoms with Gasteiger partial charge in [0.15, 0.2) is 0 Å². The van der Waals surface area contributed by atoms with Crippen LogP contribution in [0.15, 0.2) is 23.0 Å². The standard InChI is InChI=1S/C23H35N3O2/c1-2-11-25-15-18-13-19(16-25)21(26-20(18)9-6-10-23(26)28)14-24-22(27)12-17-7-4-3-5-8-17/h6,9-10,17-19,21H,2-5,7-8,11-16H2,1H3,(H,24,27)/t18-,19+,21+/m1/s1. The van der Waals surface area contributed by atoms with E-state index in [1.165, 1.54) is 32.1 Å². The molecule has 1 aliphatic carbocycles. The lowest BCUT2D eigenvalue weighted by atomic mass is 9.78. The monoisotopic (exact) mass is 385 g/mol. The third-order valence-electron chi connectivity index (χ3n) is 7.12. The first kappa shape index (κ1) is 19.7. The second-order valence-corrected chi connectivity index (χ2v) is 9.19. The van der Waals surface area contributed by atoms with E-state index in [4.69, 9.17) is 0 Å². The van der Waals surface area contributed by atoms with Gasteiger partial charge in [0.1, 0.15) is 0 Å². The summed E-state index contributed by atoms with van der Waals surface area (Å²) in [6, 6.07) is 5.76. The zero-order chi connectivity index (χ0) is 19.5. The molecule has 2 aliphatic heterocycles. The molecule has 0 aromatic carbocycles. The van der Waals surface area contributed by atoms with Crippen LogP contribution in [0, 0.1) is 11.8 Å². The van der Waals surface area contributed by atoms with Crippen LogP contribution in [-0.2, 0) is 4.79 Å².